The third-order valence-electron chi connectivity index (χ3n) is 3.98. The summed E-state index contributed by atoms with van der Waals surface area (Å²) >= 11 is 0. The Labute approximate surface area is 132 Å². The van der Waals surface area contributed by atoms with E-state index in [4.69, 9.17) is 9.84 Å². The van der Waals surface area contributed by atoms with Crippen LogP contribution in [0.3, 0.4) is 0 Å². The minimum atomic E-state index is -0.800. The highest BCUT2D eigenvalue weighted by atomic mass is 16.5. The van der Waals surface area contributed by atoms with E-state index in [-0.39, 0.29) is 12.6 Å². The van der Waals surface area contributed by atoms with Gasteiger partial charge in [0, 0.05) is 26.2 Å². The van der Waals surface area contributed by atoms with E-state index in [1.165, 1.54) is 11.1 Å². The number of benzene rings is 1. The van der Waals surface area contributed by atoms with Crippen LogP contribution in [0.25, 0.3) is 0 Å². The Morgan fingerprint density at radius 1 is 1.36 bits per heavy atom. The number of nitrogens with zero attached hydrogens (tertiary/aromatic N) is 2. The first-order valence-corrected chi connectivity index (χ1v) is 7.89. The Morgan fingerprint density at radius 3 is 2.68 bits per heavy atom. The number of aliphatic carboxylic acids is 1. The average molecular weight is 306 g/mol. The second kappa shape index (κ2) is 8.27. The van der Waals surface area contributed by atoms with Gasteiger partial charge in [0.2, 0.25) is 0 Å². The van der Waals surface area contributed by atoms with Gasteiger partial charge < -0.3 is 9.84 Å². The van der Waals surface area contributed by atoms with Gasteiger partial charge in [-0.15, -0.1) is 0 Å². The van der Waals surface area contributed by atoms with Gasteiger partial charge in [0.15, 0.2) is 0 Å². The number of hydrogen-bond acceptors (Lipinski definition) is 4. The molecule has 1 atom stereocenters. The number of aryl methyl sites for hydroxylation is 1. The third kappa shape index (κ3) is 5.40. The fourth-order valence-electron chi connectivity index (χ4n) is 2.82. The molecule has 1 fully saturated rings. The first-order chi connectivity index (χ1) is 10.6. The summed E-state index contributed by atoms with van der Waals surface area (Å²) in [6.07, 6.45) is 1.14. The lowest BCUT2D eigenvalue weighted by molar-refractivity contribution is -0.138. The van der Waals surface area contributed by atoms with Gasteiger partial charge in [-0.3, -0.25) is 14.6 Å². The van der Waals surface area contributed by atoms with E-state index in [0.29, 0.717) is 13.2 Å². The molecule has 5 nitrogen and oxygen atoms in total. The summed E-state index contributed by atoms with van der Waals surface area (Å²) in [5.74, 6) is -0.800. The molecule has 1 saturated heterocycles. The lowest BCUT2D eigenvalue weighted by Gasteiger charge is -2.34. The van der Waals surface area contributed by atoms with Crippen molar-refractivity contribution in [3.8, 4) is 0 Å². The maximum Gasteiger partial charge on any atom is 0.317 e. The molecule has 1 unspecified atom stereocenters. The maximum absolute atomic E-state index is 10.7. The summed E-state index contributed by atoms with van der Waals surface area (Å²) in [6, 6.07) is 8.77. The van der Waals surface area contributed by atoms with Crippen LogP contribution in [0.15, 0.2) is 24.3 Å². The number of ether oxygens (including phenoxy) is 1. The highest BCUT2D eigenvalue weighted by molar-refractivity contribution is 5.69. The van der Waals surface area contributed by atoms with Crippen molar-refractivity contribution in [1.82, 2.24) is 9.80 Å². The van der Waals surface area contributed by atoms with Crippen molar-refractivity contribution in [1.29, 1.82) is 0 Å². The molecule has 1 aliphatic rings. The van der Waals surface area contributed by atoms with Crippen molar-refractivity contribution in [2.75, 3.05) is 39.8 Å². The Bertz CT molecular complexity index is 475. The first-order valence-electron chi connectivity index (χ1n) is 7.89. The fraction of sp³-hybridized carbons (Fsp3) is 0.588. The van der Waals surface area contributed by atoms with Gasteiger partial charge in [0.1, 0.15) is 0 Å². The smallest absolute Gasteiger partial charge is 0.317 e. The van der Waals surface area contributed by atoms with Crippen molar-refractivity contribution >= 4 is 5.97 Å². The van der Waals surface area contributed by atoms with Gasteiger partial charge >= 0.3 is 5.97 Å². The van der Waals surface area contributed by atoms with Crippen molar-refractivity contribution in [2.45, 2.75) is 26.0 Å². The summed E-state index contributed by atoms with van der Waals surface area (Å²) in [5.41, 5.74) is 2.68. The molecule has 1 heterocycles. The van der Waals surface area contributed by atoms with E-state index >= 15 is 0 Å². The Balaban J connectivity index is 1.83. The standard InChI is InChI=1S/C17H26N2O3/c1-3-14-4-6-15(7-5-14)10-19-8-9-22-16(12-19)11-18(2)13-17(20)21/h4-7,16H,3,8-13H2,1-2H3,(H,20,21). The van der Waals surface area contributed by atoms with Gasteiger partial charge in [0.05, 0.1) is 19.3 Å². The van der Waals surface area contributed by atoms with Crippen LogP contribution in [0, 0.1) is 0 Å². The molecule has 0 bridgehead atoms. The van der Waals surface area contributed by atoms with Gasteiger partial charge in [0.25, 0.3) is 0 Å². The van der Waals surface area contributed by atoms with E-state index in [0.717, 1.165) is 26.1 Å². The second-order valence-electron chi connectivity index (χ2n) is 5.99. The van der Waals surface area contributed by atoms with E-state index in [1.54, 1.807) is 4.90 Å². The molecule has 5 heteroatoms. The predicted molar refractivity (Wildman–Crippen MR) is 86.0 cm³/mol. The number of rotatable bonds is 7. The minimum Gasteiger partial charge on any atom is -0.480 e. The van der Waals surface area contributed by atoms with E-state index in [1.807, 2.05) is 7.05 Å². The predicted octanol–water partition coefficient (Wildman–Crippen LogP) is 1.47. The molecule has 22 heavy (non-hydrogen) atoms. The Hall–Kier alpha value is -1.43. The topological polar surface area (TPSA) is 53.0 Å². The van der Waals surface area contributed by atoms with Crippen LogP contribution >= 0.6 is 0 Å². The van der Waals surface area contributed by atoms with Crippen molar-refractivity contribution < 1.29 is 14.6 Å². The third-order valence-corrected chi connectivity index (χ3v) is 3.98. The summed E-state index contributed by atoms with van der Waals surface area (Å²) in [4.78, 5) is 14.9. The van der Waals surface area contributed by atoms with Crippen LogP contribution in [-0.4, -0.2) is 66.8 Å². The van der Waals surface area contributed by atoms with Crippen molar-refractivity contribution in [3.05, 3.63) is 35.4 Å². The van der Waals surface area contributed by atoms with Gasteiger partial charge in [-0.1, -0.05) is 31.2 Å². The largest absolute Gasteiger partial charge is 0.480 e. The summed E-state index contributed by atoms with van der Waals surface area (Å²) < 4.78 is 5.76. The number of likely N-dealkylation sites (N-methyl/N-ethyl adjacent to an activating group) is 1. The molecular weight excluding hydrogens is 280 g/mol. The zero-order chi connectivity index (χ0) is 15.9. The van der Waals surface area contributed by atoms with Crippen LogP contribution in [0.5, 0.6) is 0 Å². The number of carboxylic acid groups (broad SMARTS) is 1. The van der Waals surface area contributed by atoms with Gasteiger partial charge in [-0.05, 0) is 24.6 Å². The molecule has 0 aliphatic carbocycles. The van der Waals surface area contributed by atoms with Crippen LogP contribution in [0.2, 0.25) is 0 Å². The van der Waals surface area contributed by atoms with Crippen LogP contribution in [0.1, 0.15) is 18.1 Å². The van der Waals surface area contributed by atoms with Crippen molar-refractivity contribution in [3.63, 3.8) is 0 Å². The molecule has 0 amide bonds. The molecule has 0 aromatic heterocycles. The lowest BCUT2D eigenvalue weighted by Crippen LogP contribution is -2.47. The first kappa shape index (κ1) is 16.9. The molecule has 0 radical (unpaired) electrons. The molecule has 0 saturated carbocycles. The minimum absolute atomic E-state index is 0.0539. The molecule has 1 N–H and O–H groups in total. The van der Waals surface area contributed by atoms with Crippen molar-refractivity contribution in [2.24, 2.45) is 0 Å². The van der Waals surface area contributed by atoms with Gasteiger partial charge in [-0.2, -0.15) is 0 Å². The number of carbonyl (C=O) groups is 1. The Kier molecular flexibility index (Phi) is 6.36. The van der Waals surface area contributed by atoms with Gasteiger partial charge in [-0.25, -0.2) is 0 Å². The zero-order valence-electron chi connectivity index (χ0n) is 13.5. The van der Waals surface area contributed by atoms with E-state index in [9.17, 15) is 4.79 Å². The molecular formula is C17H26N2O3. The number of morpholine rings is 1. The molecule has 2 rings (SSSR count). The van der Waals surface area contributed by atoms with E-state index < -0.39 is 5.97 Å². The maximum atomic E-state index is 10.7. The highest BCUT2D eigenvalue weighted by Gasteiger charge is 2.22. The van der Waals surface area contributed by atoms with Crippen LogP contribution in [-0.2, 0) is 22.5 Å². The molecule has 1 aliphatic heterocycles. The Morgan fingerprint density at radius 2 is 2.05 bits per heavy atom. The normalized spacial score (nSPS) is 19.5. The monoisotopic (exact) mass is 306 g/mol. The van der Waals surface area contributed by atoms with E-state index in [2.05, 4.69) is 36.1 Å². The average Bonchev–Trinajstić information content (AvgIpc) is 2.47. The molecule has 1 aromatic carbocycles. The fourth-order valence-corrected chi connectivity index (χ4v) is 2.82. The molecule has 0 spiro atoms. The number of hydrogen-bond donors (Lipinski definition) is 1. The molecule has 122 valence electrons. The van der Waals surface area contributed by atoms with Crippen LogP contribution < -0.4 is 0 Å². The quantitative estimate of drug-likeness (QED) is 0.827. The summed E-state index contributed by atoms with van der Waals surface area (Å²) in [6.45, 7) is 6.27. The molecule has 1 aromatic rings. The zero-order valence-corrected chi connectivity index (χ0v) is 13.5. The highest BCUT2D eigenvalue weighted by Crippen LogP contribution is 2.12. The summed E-state index contributed by atoms with van der Waals surface area (Å²) in [5, 5.41) is 8.81. The summed E-state index contributed by atoms with van der Waals surface area (Å²) in [7, 11) is 1.82. The van der Waals surface area contributed by atoms with Crippen LogP contribution in [0.4, 0.5) is 0 Å². The SMILES string of the molecule is CCc1ccc(CN2CCOC(CN(C)CC(=O)O)C2)cc1. The lowest BCUT2D eigenvalue weighted by atomic mass is 10.1. The number of carboxylic acids is 1. The second-order valence-corrected chi connectivity index (χ2v) is 5.99.